The van der Waals surface area contributed by atoms with Crippen LogP contribution >= 0.6 is 0 Å². The van der Waals surface area contributed by atoms with Crippen LogP contribution in [0, 0.1) is 0 Å². The van der Waals surface area contributed by atoms with Crippen LogP contribution in [-0.2, 0) is 6.54 Å². The van der Waals surface area contributed by atoms with Crippen molar-refractivity contribution in [2.75, 3.05) is 45.6 Å². The lowest BCUT2D eigenvalue weighted by Crippen LogP contribution is -2.43. The van der Waals surface area contributed by atoms with Gasteiger partial charge in [0, 0.05) is 45.5 Å². The van der Waals surface area contributed by atoms with Crippen LogP contribution in [0.1, 0.15) is 5.56 Å². The molecule has 1 heterocycles. The van der Waals surface area contributed by atoms with Gasteiger partial charge in [0.25, 0.3) is 0 Å². The quantitative estimate of drug-likeness (QED) is 0.830. The first kappa shape index (κ1) is 11.4. The summed E-state index contributed by atoms with van der Waals surface area (Å²) >= 11 is 0. The molecule has 0 spiro atoms. The second-order valence-electron chi connectivity index (χ2n) is 4.53. The van der Waals surface area contributed by atoms with Gasteiger partial charge in [0.05, 0.1) is 0 Å². The molecule has 0 bridgehead atoms. The second kappa shape index (κ2) is 5.32. The van der Waals surface area contributed by atoms with Crippen molar-refractivity contribution < 1.29 is 0 Å². The van der Waals surface area contributed by atoms with Crippen molar-refractivity contribution in [3.63, 3.8) is 0 Å². The summed E-state index contributed by atoms with van der Waals surface area (Å²) in [5.74, 6) is 0. The lowest BCUT2D eigenvalue weighted by molar-refractivity contribution is 0.148. The fourth-order valence-electron chi connectivity index (χ4n) is 2.09. The van der Waals surface area contributed by atoms with E-state index in [1.165, 1.54) is 37.4 Å². The number of benzene rings is 1. The molecule has 16 heavy (non-hydrogen) atoms. The third kappa shape index (κ3) is 2.97. The fraction of sp³-hybridized carbons (Fsp3) is 0.538. The van der Waals surface area contributed by atoms with E-state index in [2.05, 4.69) is 46.4 Å². The summed E-state index contributed by atoms with van der Waals surface area (Å²) in [7, 11) is 4.16. The van der Waals surface area contributed by atoms with Crippen molar-refractivity contribution >= 4 is 5.69 Å². The molecule has 1 fully saturated rings. The monoisotopic (exact) mass is 219 g/mol. The van der Waals surface area contributed by atoms with E-state index in [0.29, 0.717) is 0 Å². The van der Waals surface area contributed by atoms with Gasteiger partial charge in [0.15, 0.2) is 0 Å². The van der Waals surface area contributed by atoms with Crippen molar-refractivity contribution in [3.8, 4) is 0 Å². The smallest absolute Gasteiger partial charge is 0.0340 e. The number of likely N-dealkylation sites (N-methyl/N-ethyl adjacent to an activating group) is 1. The molecule has 3 heteroatoms. The lowest BCUT2D eigenvalue weighted by Gasteiger charge is -2.32. The maximum absolute atomic E-state index is 3.18. The molecule has 0 radical (unpaired) electrons. The van der Waals surface area contributed by atoms with Crippen LogP contribution in [0.2, 0.25) is 0 Å². The van der Waals surface area contributed by atoms with Crippen LogP contribution in [0.3, 0.4) is 0 Å². The average Bonchev–Trinajstić information content (AvgIpc) is 2.32. The van der Waals surface area contributed by atoms with Gasteiger partial charge in [-0.2, -0.15) is 0 Å². The summed E-state index contributed by atoms with van der Waals surface area (Å²) in [5.41, 5.74) is 2.60. The molecule has 0 aromatic heterocycles. The Labute approximate surface area is 98.0 Å². The molecule has 1 saturated heterocycles. The number of nitrogens with zero attached hydrogens (tertiary/aromatic N) is 2. The Balaban J connectivity index is 1.93. The molecule has 0 amide bonds. The molecule has 0 unspecified atom stereocenters. The van der Waals surface area contributed by atoms with Crippen LogP contribution in [0.4, 0.5) is 5.69 Å². The van der Waals surface area contributed by atoms with Crippen molar-refractivity contribution in [1.29, 1.82) is 0 Å². The predicted molar refractivity (Wildman–Crippen MR) is 68.8 cm³/mol. The van der Waals surface area contributed by atoms with Crippen molar-refractivity contribution in [2.24, 2.45) is 0 Å². The number of nitrogens with one attached hydrogen (secondary N) is 1. The summed E-state index contributed by atoms with van der Waals surface area (Å²) in [5, 5.41) is 3.18. The van der Waals surface area contributed by atoms with Crippen LogP contribution < -0.4 is 5.32 Å². The molecule has 88 valence electrons. The van der Waals surface area contributed by atoms with Crippen molar-refractivity contribution in [1.82, 2.24) is 9.80 Å². The number of piperazine rings is 1. The van der Waals surface area contributed by atoms with Crippen LogP contribution in [-0.4, -0.2) is 50.1 Å². The van der Waals surface area contributed by atoms with Crippen molar-refractivity contribution in [3.05, 3.63) is 29.8 Å². The van der Waals surface area contributed by atoms with Gasteiger partial charge < -0.3 is 10.2 Å². The lowest BCUT2D eigenvalue weighted by atomic mass is 10.1. The minimum Gasteiger partial charge on any atom is -0.388 e. The first-order chi connectivity index (χ1) is 7.78. The summed E-state index contributed by atoms with van der Waals surface area (Å²) < 4.78 is 0. The number of hydrogen-bond acceptors (Lipinski definition) is 3. The summed E-state index contributed by atoms with van der Waals surface area (Å²) in [6.45, 7) is 5.81. The molecule has 0 atom stereocenters. The van der Waals surface area contributed by atoms with Gasteiger partial charge in [-0.25, -0.2) is 0 Å². The number of hydrogen-bond donors (Lipinski definition) is 1. The normalized spacial score (nSPS) is 18.6. The van der Waals surface area contributed by atoms with Gasteiger partial charge >= 0.3 is 0 Å². The Morgan fingerprint density at radius 1 is 1.19 bits per heavy atom. The largest absolute Gasteiger partial charge is 0.388 e. The molecule has 0 saturated carbocycles. The predicted octanol–water partition coefficient (Wildman–Crippen LogP) is 1.48. The Kier molecular flexibility index (Phi) is 3.80. The molecule has 1 aromatic carbocycles. The van der Waals surface area contributed by atoms with E-state index in [0.717, 1.165) is 6.54 Å². The van der Waals surface area contributed by atoms with Crippen molar-refractivity contribution in [2.45, 2.75) is 6.54 Å². The zero-order valence-corrected chi connectivity index (χ0v) is 10.2. The van der Waals surface area contributed by atoms with E-state index in [4.69, 9.17) is 0 Å². The minimum atomic E-state index is 1.07. The topological polar surface area (TPSA) is 18.5 Å². The van der Waals surface area contributed by atoms with E-state index in [-0.39, 0.29) is 0 Å². The van der Waals surface area contributed by atoms with Gasteiger partial charge in [0.2, 0.25) is 0 Å². The van der Waals surface area contributed by atoms with E-state index in [1.807, 2.05) is 7.05 Å². The maximum Gasteiger partial charge on any atom is 0.0340 e. The molecular weight excluding hydrogens is 198 g/mol. The Hall–Kier alpha value is -1.06. The van der Waals surface area contributed by atoms with Gasteiger partial charge in [-0.05, 0) is 24.7 Å². The average molecular weight is 219 g/mol. The zero-order chi connectivity index (χ0) is 11.4. The maximum atomic E-state index is 3.18. The Morgan fingerprint density at radius 3 is 2.62 bits per heavy atom. The molecule has 1 aliphatic heterocycles. The van der Waals surface area contributed by atoms with Gasteiger partial charge in [-0.3, -0.25) is 4.90 Å². The third-order valence-corrected chi connectivity index (χ3v) is 3.22. The summed E-state index contributed by atoms with van der Waals surface area (Å²) in [6, 6.07) is 8.67. The standard InChI is InChI=1S/C13H21N3/c1-14-13-5-3-4-12(10-13)11-16-8-6-15(2)7-9-16/h3-5,10,14H,6-9,11H2,1-2H3. The minimum absolute atomic E-state index is 1.07. The van der Waals surface area contributed by atoms with E-state index in [9.17, 15) is 0 Å². The van der Waals surface area contributed by atoms with E-state index < -0.39 is 0 Å². The molecule has 0 aliphatic carbocycles. The Bertz CT molecular complexity index is 330. The number of anilines is 1. The van der Waals surface area contributed by atoms with Gasteiger partial charge in [-0.15, -0.1) is 0 Å². The molecule has 1 aromatic rings. The highest BCUT2D eigenvalue weighted by atomic mass is 15.2. The number of rotatable bonds is 3. The molecular formula is C13H21N3. The van der Waals surface area contributed by atoms with E-state index in [1.54, 1.807) is 0 Å². The zero-order valence-electron chi connectivity index (χ0n) is 10.2. The van der Waals surface area contributed by atoms with E-state index >= 15 is 0 Å². The third-order valence-electron chi connectivity index (χ3n) is 3.22. The summed E-state index contributed by atoms with van der Waals surface area (Å²) in [4.78, 5) is 4.91. The SMILES string of the molecule is CNc1cccc(CN2CCN(C)CC2)c1. The highest BCUT2D eigenvalue weighted by molar-refractivity contribution is 5.44. The molecule has 2 rings (SSSR count). The molecule has 1 N–H and O–H groups in total. The first-order valence-electron chi connectivity index (χ1n) is 5.95. The van der Waals surface area contributed by atoms with Gasteiger partial charge in [0.1, 0.15) is 0 Å². The van der Waals surface area contributed by atoms with Crippen LogP contribution in [0.5, 0.6) is 0 Å². The summed E-state index contributed by atoms with van der Waals surface area (Å²) in [6.07, 6.45) is 0. The fourth-order valence-corrected chi connectivity index (χ4v) is 2.09. The first-order valence-corrected chi connectivity index (χ1v) is 5.95. The van der Waals surface area contributed by atoms with Crippen LogP contribution in [0.25, 0.3) is 0 Å². The highest BCUT2D eigenvalue weighted by Crippen LogP contribution is 2.12. The molecule has 1 aliphatic rings. The van der Waals surface area contributed by atoms with Crippen LogP contribution in [0.15, 0.2) is 24.3 Å². The second-order valence-corrected chi connectivity index (χ2v) is 4.53. The Morgan fingerprint density at radius 2 is 1.94 bits per heavy atom. The van der Waals surface area contributed by atoms with Gasteiger partial charge in [-0.1, -0.05) is 12.1 Å². The molecule has 3 nitrogen and oxygen atoms in total. The highest BCUT2D eigenvalue weighted by Gasteiger charge is 2.13.